The van der Waals surface area contributed by atoms with Crippen molar-refractivity contribution in [3.05, 3.63) is 40.8 Å². The van der Waals surface area contributed by atoms with Gasteiger partial charge in [-0.1, -0.05) is 0 Å². The Morgan fingerprint density at radius 3 is 2.79 bits per heavy atom. The fourth-order valence-corrected chi connectivity index (χ4v) is 4.57. The van der Waals surface area contributed by atoms with Crippen molar-refractivity contribution < 1.29 is 19.0 Å². The van der Waals surface area contributed by atoms with Crippen LogP contribution in [0, 0.1) is 12.7 Å². The van der Waals surface area contributed by atoms with Crippen LogP contribution >= 0.6 is 11.3 Å². The number of halogens is 1. The molecule has 7 nitrogen and oxygen atoms in total. The SMILES string of the molecule is Cc1c(C(N)=O)sc2ncnc(Nc3ccc(F)cc3O[C@H]3CC[C@H](O)CC3)c12. The molecule has 2 heterocycles. The highest BCUT2D eigenvalue weighted by Crippen LogP contribution is 2.37. The Kier molecular flexibility index (Phi) is 5.33. The van der Waals surface area contributed by atoms with Crippen molar-refractivity contribution in [1.82, 2.24) is 9.97 Å². The number of benzene rings is 1. The van der Waals surface area contributed by atoms with E-state index < -0.39 is 11.7 Å². The number of aliphatic hydroxyl groups excluding tert-OH is 1. The summed E-state index contributed by atoms with van der Waals surface area (Å²) < 4.78 is 19.9. The lowest BCUT2D eigenvalue weighted by Gasteiger charge is -2.27. The predicted molar refractivity (Wildman–Crippen MR) is 109 cm³/mol. The van der Waals surface area contributed by atoms with Crippen LogP contribution in [0.3, 0.4) is 0 Å². The zero-order valence-corrected chi connectivity index (χ0v) is 16.6. The van der Waals surface area contributed by atoms with Crippen LogP contribution < -0.4 is 15.8 Å². The first-order valence-electron chi connectivity index (χ1n) is 9.37. The second kappa shape index (κ2) is 7.92. The summed E-state index contributed by atoms with van der Waals surface area (Å²) >= 11 is 1.21. The number of primary amides is 1. The number of nitrogens with one attached hydrogen (secondary N) is 1. The standard InChI is InChI=1S/C20H21FN4O3S/c1-10-16-19(23-9-24-20(16)29-17(10)18(22)27)25-14-7-2-11(21)8-15(14)28-13-5-3-12(26)4-6-13/h2,7-9,12-13,26H,3-6H2,1H3,(H2,22,27)(H,23,24,25)/t12-,13-. The van der Waals surface area contributed by atoms with Gasteiger partial charge in [-0.2, -0.15) is 0 Å². The summed E-state index contributed by atoms with van der Waals surface area (Å²) in [7, 11) is 0. The van der Waals surface area contributed by atoms with E-state index in [-0.39, 0.29) is 12.2 Å². The van der Waals surface area contributed by atoms with Gasteiger partial charge < -0.3 is 20.9 Å². The monoisotopic (exact) mass is 416 g/mol. The Morgan fingerprint density at radius 1 is 1.31 bits per heavy atom. The summed E-state index contributed by atoms with van der Waals surface area (Å²) in [6.45, 7) is 1.79. The van der Waals surface area contributed by atoms with E-state index in [0.717, 1.165) is 0 Å². The molecule has 1 fully saturated rings. The van der Waals surface area contributed by atoms with Gasteiger partial charge in [-0.15, -0.1) is 11.3 Å². The molecular formula is C20H21FN4O3S. The van der Waals surface area contributed by atoms with Gasteiger partial charge >= 0.3 is 0 Å². The number of amides is 1. The second-order valence-electron chi connectivity index (χ2n) is 7.14. The summed E-state index contributed by atoms with van der Waals surface area (Å²) in [6.07, 6.45) is 3.77. The minimum absolute atomic E-state index is 0.0875. The third kappa shape index (κ3) is 4.01. The van der Waals surface area contributed by atoms with Gasteiger partial charge in [-0.05, 0) is 50.3 Å². The summed E-state index contributed by atoms with van der Waals surface area (Å²) in [4.78, 5) is 21.3. The molecule has 0 unspecified atom stereocenters. The Morgan fingerprint density at radius 2 is 2.07 bits per heavy atom. The molecule has 0 aliphatic heterocycles. The van der Waals surface area contributed by atoms with Gasteiger partial charge in [0.05, 0.1) is 28.2 Å². The summed E-state index contributed by atoms with van der Waals surface area (Å²) in [6, 6.07) is 4.27. The lowest BCUT2D eigenvalue weighted by atomic mass is 9.95. The van der Waals surface area contributed by atoms with Crippen LogP contribution in [0.15, 0.2) is 24.5 Å². The first kappa shape index (κ1) is 19.5. The van der Waals surface area contributed by atoms with Crippen molar-refractivity contribution in [2.24, 2.45) is 5.73 Å². The van der Waals surface area contributed by atoms with Gasteiger partial charge in [0, 0.05) is 6.07 Å². The van der Waals surface area contributed by atoms with Crippen LogP contribution in [-0.2, 0) is 0 Å². The summed E-state index contributed by atoms with van der Waals surface area (Å²) in [5.41, 5.74) is 6.72. The summed E-state index contributed by atoms with van der Waals surface area (Å²) in [5, 5.41) is 13.6. The van der Waals surface area contributed by atoms with Crippen LogP contribution in [0.4, 0.5) is 15.9 Å². The van der Waals surface area contributed by atoms with E-state index in [1.807, 2.05) is 0 Å². The van der Waals surface area contributed by atoms with Crippen LogP contribution in [-0.4, -0.2) is 33.2 Å². The lowest BCUT2D eigenvalue weighted by Crippen LogP contribution is -2.26. The van der Waals surface area contributed by atoms with E-state index in [1.165, 1.54) is 29.8 Å². The molecule has 29 heavy (non-hydrogen) atoms. The molecule has 4 N–H and O–H groups in total. The van der Waals surface area contributed by atoms with E-state index >= 15 is 0 Å². The zero-order valence-electron chi connectivity index (χ0n) is 15.8. The average Bonchev–Trinajstić information content (AvgIpc) is 3.04. The molecule has 9 heteroatoms. The van der Waals surface area contributed by atoms with Gasteiger partial charge in [0.15, 0.2) is 0 Å². The Hall–Kier alpha value is -2.78. The third-order valence-electron chi connectivity index (χ3n) is 5.08. The number of aromatic nitrogens is 2. The Balaban J connectivity index is 1.67. The van der Waals surface area contributed by atoms with Crippen molar-refractivity contribution in [2.45, 2.75) is 44.8 Å². The molecule has 1 saturated carbocycles. The molecule has 2 aromatic heterocycles. The van der Waals surface area contributed by atoms with E-state index in [0.29, 0.717) is 63.6 Å². The number of aryl methyl sites for hydroxylation is 1. The number of carbonyl (C=O) groups excluding carboxylic acids is 1. The molecule has 1 aromatic carbocycles. The maximum atomic E-state index is 13.9. The molecule has 0 radical (unpaired) electrons. The van der Waals surface area contributed by atoms with Crippen molar-refractivity contribution in [3.63, 3.8) is 0 Å². The minimum Gasteiger partial charge on any atom is -0.488 e. The molecule has 152 valence electrons. The molecule has 1 amide bonds. The van der Waals surface area contributed by atoms with Crippen LogP contribution in [0.5, 0.6) is 5.75 Å². The molecule has 1 aliphatic carbocycles. The number of hydrogen-bond acceptors (Lipinski definition) is 7. The second-order valence-corrected chi connectivity index (χ2v) is 8.14. The van der Waals surface area contributed by atoms with E-state index in [1.54, 1.807) is 13.0 Å². The number of carbonyl (C=O) groups is 1. The smallest absolute Gasteiger partial charge is 0.259 e. The number of aliphatic hydroxyl groups is 1. The van der Waals surface area contributed by atoms with E-state index in [2.05, 4.69) is 15.3 Å². The number of thiophene rings is 1. The van der Waals surface area contributed by atoms with Gasteiger partial charge in [-0.25, -0.2) is 14.4 Å². The predicted octanol–water partition coefficient (Wildman–Crippen LogP) is 3.66. The average molecular weight is 416 g/mol. The normalized spacial score (nSPS) is 19.3. The number of ether oxygens (including phenoxy) is 1. The Labute approximate surface area is 170 Å². The number of hydrogen-bond donors (Lipinski definition) is 3. The molecule has 0 spiro atoms. The number of anilines is 2. The van der Waals surface area contributed by atoms with Crippen LogP contribution in [0.2, 0.25) is 0 Å². The fraction of sp³-hybridized carbons (Fsp3) is 0.350. The largest absolute Gasteiger partial charge is 0.488 e. The van der Waals surface area contributed by atoms with Crippen molar-refractivity contribution in [1.29, 1.82) is 0 Å². The summed E-state index contributed by atoms with van der Waals surface area (Å²) in [5.74, 6) is -0.0494. The molecule has 0 atom stereocenters. The van der Waals surface area contributed by atoms with Gasteiger partial charge in [0.1, 0.15) is 28.5 Å². The fourth-order valence-electron chi connectivity index (χ4n) is 3.57. The number of fused-ring (bicyclic) bond motifs is 1. The highest BCUT2D eigenvalue weighted by molar-refractivity contribution is 7.20. The lowest BCUT2D eigenvalue weighted by molar-refractivity contribution is 0.0668. The topological polar surface area (TPSA) is 110 Å². The quantitative estimate of drug-likeness (QED) is 0.585. The van der Waals surface area contributed by atoms with Gasteiger partial charge in [-0.3, -0.25) is 4.79 Å². The van der Waals surface area contributed by atoms with Crippen molar-refractivity contribution in [3.8, 4) is 5.75 Å². The van der Waals surface area contributed by atoms with E-state index in [9.17, 15) is 14.3 Å². The highest BCUT2D eigenvalue weighted by atomic mass is 32.1. The number of nitrogens with zero attached hydrogens (tertiary/aromatic N) is 2. The van der Waals surface area contributed by atoms with E-state index in [4.69, 9.17) is 10.5 Å². The minimum atomic E-state index is -0.512. The molecule has 4 rings (SSSR count). The van der Waals surface area contributed by atoms with Gasteiger partial charge in [0.2, 0.25) is 0 Å². The van der Waals surface area contributed by atoms with Crippen molar-refractivity contribution >= 4 is 39.0 Å². The van der Waals surface area contributed by atoms with Gasteiger partial charge in [0.25, 0.3) is 5.91 Å². The van der Waals surface area contributed by atoms with Crippen LogP contribution in [0.1, 0.15) is 40.9 Å². The maximum Gasteiger partial charge on any atom is 0.259 e. The Bertz CT molecular complexity index is 1060. The molecule has 3 aromatic rings. The number of nitrogens with two attached hydrogens (primary N) is 1. The molecular weight excluding hydrogens is 395 g/mol. The molecule has 1 aliphatic rings. The van der Waals surface area contributed by atoms with Crippen LogP contribution in [0.25, 0.3) is 10.2 Å². The van der Waals surface area contributed by atoms with Crippen molar-refractivity contribution in [2.75, 3.05) is 5.32 Å². The third-order valence-corrected chi connectivity index (χ3v) is 6.30. The first-order chi connectivity index (χ1) is 13.9. The molecule has 0 saturated heterocycles. The first-order valence-corrected chi connectivity index (χ1v) is 10.2. The highest BCUT2D eigenvalue weighted by Gasteiger charge is 2.23. The maximum absolute atomic E-state index is 13.9. The zero-order chi connectivity index (χ0) is 20.5. The number of rotatable bonds is 5. The molecule has 0 bridgehead atoms.